The first kappa shape index (κ1) is 16.4. The second kappa shape index (κ2) is 6.60. The summed E-state index contributed by atoms with van der Waals surface area (Å²) in [5.74, 6) is 0.407. The average molecular weight is 340 g/mol. The van der Waals surface area contributed by atoms with Gasteiger partial charge in [-0.3, -0.25) is 9.69 Å². The largest absolute Gasteiger partial charge is 0.416 e. The maximum Gasteiger partial charge on any atom is 0.416 e. The number of nitrogens with one attached hydrogen (secondary N) is 1. The molecular weight excluding hydrogens is 325 g/mol. The highest BCUT2D eigenvalue weighted by atomic mass is 19.4. The van der Waals surface area contributed by atoms with Gasteiger partial charge in [-0.1, -0.05) is 17.3 Å². The second-order valence-electron chi connectivity index (χ2n) is 5.47. The van der Waals surface area contributed by atoms with E-state index in [-0.39, 0.29) is 17.3 Å². The number of carbonyl (C=O) groups is 1. The molecule has 1 aromatic heterocycles. The van der Waals surface area contributed by atoms with E-state index >= 15 is 0 Å². The highest BCUT2D eigenvalue weighted by Gasteiger charge is 2.30. The molecule has 128 valence electrons. The molecule has 1 saturated heterocycles. The first-order valence-corrected chi connectivity index (χ1v) is 7.41. The van der Waals surface area contributed by atoms with Gasteiger partial charge < -0.3 is 9.84 Å². The number of alkyl halides is 3. The minimum atomic E-state index is -4.42. The molecule has 0 radical (unpaired) electrons. The number of aromatic nitrogens is 2. The molecule has 1 amide bonds. The molecule has 3 rings (SSSR count). The summed E-state index contributed by atoms with van der Waals surface area (Å²) in [6.07, 6.45) is -4.04. The predicted octanol–water partition coefficient (Wildman–Crippen LogP) is 2.08. The van der Waals surface area contributed by atoms with Gasteiger partial charge in [0.2, 0.25) is 17.6 Å². The quantitative estimate of drug-likeness (QED) is 0.926. The van der Waals surface area contributed by atoms with E-state index in [0.29, 0.717) is 38.5 Å². The summed E-state index contributed by atoms with van der Waals surface area (Å²) >= 11 is 0. The van der Waals surface area contributed by atoms with Crippen LogP contribution in [0.5, 0.6) is 0 Å². The van der Waals surface area contributed by atoms with Gasteiger partial charge in [0.1, 0.15) is 0 Å². The van der Waals surface area contributed by atoms with Gasteiger partial charge in [0.25, 0.3) is 0 Å². The molecule has 1 aromatic carbocycles. The van der Waals surface area contributed by atoms with Crippen LogP contribution in [-0.2, 0) is 17.5 Å². The lowest BCUT2D eigenvalue weighted by Gasteiger charge is -2.15. The molecule has 0 atom stereocenters. The maximum absolute atomic E-state index is 12.8. The zero-order chi connectivity index (χ0) is 17.2. The molecule has 1 N–H and O–H groups in total. The Bertz CT molecular complexity index is 730. The van der Waals surface area contributed by atoms with Crippen LogP contribution in [0, 0.1) is 0 Å². The van der Waals surface area contributed by atoms with Crippen molar-refractivity contribution in [1.29, 1.82) is 0 Å². The molecule has 1 aliphatic heterocycles. The van der Waals surface area contributed by atoms with Gasteiger partial charge >= 0.3 is 6.18 Å². The van der Waals surface area contributed by atoms with Crippen molar-refractivity contribution < 1.29 is 22.5 Å². The van der Waals surface area contributed by atoms with Gasteiger partial charge in [0, 0.05) is 31.6 Å². The lowest BCUT2D eigenvalue weighted by atomic mass is 10.1. The van der Waals surface area contributed by atoms with Crippen LogP contribution in [0.3, 0.4) is 0 Å². The summed E-state index contributed by atoms with van der Waals surface area (Å²) in [5.41, 5.74) is -0.518. The molecule has 2 heterocycles. The molecule has 0 unspecified atom stereocenters. The highest BCUT2D eigenvalue weighted by molar-refractivity contribution is 5.76. The van der Waals surface area contributed by atoms with Crippen molar-refractivity contribution in [2.75, 3.05) is 19.6 Å². The summed E-state index contributed by atoms with van der Waals surface area (Å²) in [7, 11) is 0. The molecule has 9 heteroatoms. The Morgan fingerprint density at radius 2 is 2.12 bits per heavy atom. The van der Waals surface area contributed by atoms with E-state index in [1.165, 1.54) is 12.1 Å². The number of carbonyl (C=O) groups excluding carboxylic acids is 1. The van der Waals surface area contributed by atoms with E-state index in [0.717, 1.165) is 12.1 Å². The topological polar surface area (TPSA) is 71.3 Å². The van der Waals surface area contributed by atoms with Crippen molar-refractivity contribution in [3.63, 3.8) is 0 Å². The van der Waals surface area contributed by atoms with E-state index in [4.69, 9.17) is 4.52 Å². The first-order chi connectivity index (χ1) is 11.4. The van der Waals surface area contributed by atoms with E-state index in [2.05, 4.69) is 15.5 Å². The fourth-order valence-corrected chi connectivity index (χ4v) is 2.43. The summed E-state index contributed by atoms with van der Waals surface area (Å²) in [6, 6.07) is 4.79. The Morgan fingerprint density at radius 3 is 2.92 bits per heavy atom. The molecule has 0 spiro atoms. The van der Waals surface area contributed by atoms with Crippen LogP contribution in [0.1, 0.15) is 17.9 Å². The molecule has 1 aliphatic rings. The van der Waals surface area contributed by atoms with Gasteiger partial charge in [-0.2, -0.15) is 18.2 Å². The van der Waals surface area contributed by atoms with Crippen LogP contribution in [0.15, 0.2) is 28.8 Å². The summed E-state index contributed by atoms with van der Waals surface area (Å²) in [6.45, 7) is 2.09. The van der Waals surface area contributed by atoms with Crippen molar-refractivity contribution in [1.82, 2.24) is 20.4 Å². The van der Waals surface area contributed by atoms with Gasteiger partial charge in [-0.05, 0) is 12.1 Å². The van der Waals surface area contributed by atoms with Crippen molar-refractivity contribution in [2.45, 2.75) is 19.1 Å². The highest BCUT2D eigenvalue weighted by Crippen LogP contribution is 2.31. The van der Waals surface area contributed by atoms with Gasteiger partial charge in [-0.25, -0.2) is 0 Å². The summed E-state index contributed by atoms with van der Waals surface area (Å²) in [4.78, 5) is 17.4. The second-order valence-corrected chi connectivity index (χ2v) is 5.47. The Balaban J connectivity index is 1.72. The average Bonchev–Trinajstić information content (AvgIpc) is 2.90. The van der Waals surface area contributed by atoms with Gasteiger partial charge in [0.05, 0.1) is 12.1 Å². The van der Waals surface area contributed by atoms with E-state index in [1.807, 2.05) is 4.90 Å². The number of rotatable bonds is 3. The van der Waals surface area contributed by atoms with Gasteiger partial charge in [-0.15, -0.1) is 0 Å². The van der Waals surface area contributed by atoms with E-state index in [1.54, 1.807) is 0 Å². The molecule has 6 nitrogen and oxygen atoms in total. The van der Waals surface area contributed by atoms with Crippen LogP contribution < -0.4 is 5.32 Å². The Morgan fingerprint density at radius 1 is 1.29 bits per heavy atom. The van der Waals surface area contributed by atoms with E-state index in [9.17, 15) is 18.0 Å². The van der Waals surface area contributed by atoms with Crippen LogP contribution in [-0.4, -0.2) is 40.6 Å². The van der Waals surface area contributed by atoms with Crippen LogP contribution >= 0.6 is 0 Å². The molecule has 24 heavy (non-hydrogen) atoms. The molecule has 0 saturated carbocycles. The smallest absolute Gasteiger partial charge is 0.355 e. The maximum atomic E-state index is 12.8. The monoisotopic (exact) mass is 340 g/mol. The third-order valence-electron chi connectivity index (χ3n) is 3.68. The van der Waals surface area contributed by atoms with Crippen molar-refractivity contribution >= 4 is 5.91 Å². The molecular formula is C15H15F3N4O2. The lowest BCUT2D eigenvalue weighted by molar-refractivity contribution is -0.137. The molecule has 0 bridgehead atoms. The van der Waals surface area contributed by atoms with Crippen LogP contribution in [0.2, 0.25) is 0 Å². The Kier molecular flexibility index (Phi) is 4.52. The predicted molar refractivity (Wildman–Crippen MR) is 77.6 cm³/mol. The SMILES string of the molecule is O=C1CCN(Cc2nc(-c3cccc(C(F)(F)F)c3)no2)CCN1. The standard InChI is InChI=1S/C15H15F3N4O2/c16-15(17,18)11-3-1-2-10(8-11)14-20-13(24-21-14)9-22-6-4-12(23)19-5-7-22/h1-3,8H,4-7,9H2,(H,19,23). The van der Waals surface area contributed by atoms with Crippen LogP contribution in [0.4, 0.5) is 13.2 Å². The minimum Gasteiger partial charge on any atom is -0.355 e. The van der Waals surface area contributed by atoms with Gasteiger partial charge in [0.15, 0.2) is 0 Å². The number of hydrogen-bond donors (Lipinski definition) is 1. The van der Waals surface area contributed by atoms with Crippen molar-refractivity contribution in [2.24, 2.45) is 0 Å². The number of nitrogens with zero attached hydrogens (tertiary/aromatic N) is 3. The van der Waals surface area contributed by atoms with Crippen molar-refractivity contribution in [3.8, 4) is 11.4 Å². The lowest BCUT2D eigenvalue weighted by Crippen LogP contribution is -2.28. The molecule has 2 aromatic rings. The van der Waals surface area contributed by atoms with Crippen molar-refractivity contribution in [3.05, 3.63) is 35.7 Å². The van der Waals surface area contributed by atoms with E-state index < -0.39 is 11.7 Å². The normalized spacial score (nSPS) is 16.7. The number of benzene rings is 1. The first-order valence-electron chi connectivity index (χ1n) is 7.41. The fraction of sp³-hybridized carbons (Fsp3) is 0.400. The molecule has 0 aliphatic carbocycles. The third-order valence-corrected chi connectivity index (χ3v) is 3.68. The zero-order valence-electron chi connectivity index (χ0n) is 12.6. The Hall–Kier alpha value is -2.42. The summed E-state index contributed by atoms with van der Waals surface area (Å²) in [5, 5.41) is 6.51. The minimum absolute atomic E-state index is 0.00677. The molecule has 1 fully saturated rings. The van der Waals surface area contributed by atoms with Crippen LogP contribution in [0.25, 0.3) is 11.4 Å². The number of halogens is 3. The third kappa shape index (κ3) is 3.91. The Labute approximate surface area is 135 Å². The summed E-state index contributed by atoms with van der Waals surface area (Å²) < 4.78 is 43.4. The fourth-order valence-electron chi connectivity index (χ4n) is 2.43. The zero-order valence-corrected chi connectivity index (χ0v) is 12.6. The number of hydrogen-bond acceptors (Lipinski definition) is 5. The number of amides is 1.